The fraction of sp³-hybridized carbons (Fsp3) is 0.391. The Morgan fingerprint density at radius 2 is 1.79 bits per heavy atom. The molecule has 0 bridgehead atoms. The van der Waals surface area contributed by atoms with Gasteiger partial charge in [-0.1, -0.05) is 0 Å². The summed E-state index contributed by atoms with van der Waals surface area (Å²) >= 11 is 0. The van der Waals surface area contributed by atoms with Gasteiger partial charge in [-0.05, 0) is 63.6 Å². The summed E-state index contributed by atoms with van der Waals surface area (Å²) in [7, 11) is 1.70. The topological polar surface area (TPSA) is 49.2 Å². The van der Waals surface area contributed by atoms with Gasteiger partial charge in [0.05, 0.1) is 32.1 Å². The van der Waals surface area contributed by atoms with Crippen LogP contribution in [0.5, 0.6) is 5.75 Å². The molecule has 5 heteroatoms. The van der Waals surface area contributed by atoms with Crippen molar-refractivity contribution in [1.29, 1.82) is 0 Å². The number of methoxy groups -OCH3 is 1. The zero-order valence-electron chi connectivity index (χ0n) is 17.2. The number of aryl methyl sites for hydroxylation is 3. The van der Waals surface area contributed by atoms with Crippen molar-refractivity contribution in [3.8, 4) is 28.4 Å². The number of rotatable bonds is 3. The number of ether oxygens (including phenoxy) is 2. The van der Waals surface area contributed by atoms with E-state index in [4.69, 9.17) is 14.5 Å². The normalized spacial score (nSPS) is 16.5. The van der Waals surface area contributed by atoms with Gasteiger partial charge in [0.2, 0.25) is 0 Å². The van der Waals surface area contributed by atoms with Gasteiger partial charge >= 0.3 is 0 Å². The van der Waals surface area contributed by atoms with E-state index in [0.717, 1.165) is 58.3 Å². The summed E-state index contributed by atoms with van der Waals surface area (Å²) in [5.74, 6) is 1.88. The Kier molecular flexibility index (Phi) is 4.94. The third-order valence-corrected chi connectivity index (χ3v) is 5.26. The van der Waals surface area contributed by atoms with Crippen molar-refractivity contribution in [2.24, 2.45) is 0 Å². The van der Waals surface area contributed by atoms with Crippen molar-refractivity contribution in [2.75, 3.05) is 13.7 Å². The molecule has 0 aliphatic carbocycles. The molecule has 1 aliphatic rings. The van der Waals surface area contributed by atoms with Crippen molar-refractivity contribution < 1.29 is 9.47 Å². The minimum Gasteiger partial charge on any atom is -0.496 e. The summed E-state index contributed by atoms with van der Waals surface area (Å²) in [6.45, 7) is 9.76. The van der Waals surface area contributed by atoms with Crippen LogP contribution in [0.15, 0.2) is 30.3 Å². The molecular formula is C23H27N3O2. The van der Waals surface area contributed by atoms with Gasteiger partial charge in [-0.25, -0.2) is 4.98 Å². The molecule has 0 unspecified atom stereocenters. The van der Waals surface area contributed by atoms with Gasteiger partial charge in [-0.15, -0.1) is 0 Å². The van der Waals surface area contributed by atoms with Crippen LogP contribution in [0.3, 0.4) is 0 Å². The molecule has 1 aromatic carbocycles. The van der Waals surface area contributed by atoms with E-state index in [1.165, 1.54) is 5.69 Å². The van der Waals surface area contributed by atoms with Gasteiger partial charge in [0, 0.05) is 34.6 Å². The van der Waals surface area contributed by atoms with Gasteiger partial charge in [-0.3, -0.25) is 4.98 Å². The highest BCUT2D eigenvalue weighted by Crippen LogP contribution is 2.33. The number of hydrogen-bond donors (Lipinski definition) is 0. The minimum atomic E-state index is 0.155. The molecule has 0 fully saturated rings. The van der Waals surface area contributed by atoms with E-state index in [-0.39, 0.29) is 6.10 Å². The quantitative estimate of drug-likeness (QED) is 0.674. The molecule has 28 heavy (non-hydrogen) atoms. The maximum atomic E-state index is 5.95. The first-order valence-electron chi connectivity index (χ1n) is 9.78. The summed E-state index contributed by atoms with van der Waals surface area (Å²) in [4.78, 5) is 9.65. The first-order chi connectivity index (χ1) is 13.5. The maximum Gasteiger partial charge on any atom is 0.140 e. The van der Waals surface area contributed by atoms with Crippen molar-refractivity contribution in [2.45, 2.75) is 46.8 Å². The van der Waals surface area contributed by atoms with E-state index in [1.807, 2.05) is 19.9 Å². The van der Waals surface area contributed by atoms with Crippen LogP contribution in [0.1, 0.15) is 29.6 Å². The summed E-state index contributed by atoms with van der Waals surface area (Å²) in [5.41, 5.74) is 7.62. The Hall–Kier alpha value is -2.66. The molecule has 0 amide bonds. The van der Waals surface area contributed by atoms with E-state index < -0.39 is 0 Å². The Morgan fingerprint density at radius 1 is 1.04 bits per heavy atom. The van der Waals surface area contributed by atoms with Crippen LogP contribution in [-0.2, 0) is 17.7 Å². The van der Waals surface area contributed by atoms with Gasteiger partial charge in [-0.2, -0.15) is 0 Å². The van der Waals surface area contributed by atoms with Gasteiger partial charge < -0.3 is 14.0 Å². The molecular weight excluding hydrogens is 350 g/mol. The highest BCUT2D eigenvalue weighted by Gasteiger charge is 2.24. The third-order valence-electron chi connectivity index (χ3n) is 5.26. The Bertz CT molecular complexity index is 1000. The average molecular weight is 377 g/mol. The number of hydrogen-bond acceptors (Lipinski definition) is 4. The lowest BCUT2D eigenvalue weighted by Gasteiger charge is -2.13. The number of benzene rings is 1. The van der Waals surface area contributed by atoms with Crippen LogP contribution in [0.4, 0.5) is 0 Å². The van der Waals surface area contributed by atoms with Crippen LogP contribution in [0, 0.1) is 20.8 Å². The summed E-state index contributed by atoms with van der Waals surface area (Å²) < 4.78 is 13.7. The largest absolute Gasteiger partial charge is 0.496 e. The molecule has 4 rings (SSSR count). The zero-order chi connectivity index (χ0) is 19.8. The van der Waals surface area contributed by atoms with E-state index in [0.29, 0.717) is 6.61 Å². The third kappa shape index (κ3) is 3.42. The van der Waals surface area contributed by atoms with Crippen molar-refractivity contribution in [3.63, 3.8) is 0 Å². The van der Waals surface area contributed by atoms with Crippen molar-refractivity contribution in [1.82, 2.24) is 14.5 Å². The van der Waals surface area contributed by atoms with Crippen LogP contribution in [0.2, 0.25) is 0 Å². The highest BCUT2D eigenvalue weighted by atomic mass is 16.5. The second-order valence-electron chi connectivity index (χ2n) is 7.60. The SMILES string of the molecule is COc1ccc(-c2nc(-c3cc(C)nc(C)c3)c3n2C[C@@H](C)OCC3)cc1C. The molecule has 0 N–H and O–H groups in total. The smallest absolute Gasteiger partial charge is 0.140 e. The number of fused-ring (bicyclic) bond motifs is 1. The summed E-state index contributed by atoms with van der Waals surface area (Å²) in [6, 6.07) is 10.5. The highest BCUT2D eigenvalue weighted by molar-refractivity contribution is 5.70. The molecule has 0 radical (unpaired) electrons. The first-order valence-corrected chi connectivity index (χ1v) is 9.78. The van der Waals surface area contributed by atoms with Gasteiger partial charge in [0.15, 0.2) is 0 Å². The molecule has 3 heterocycles. The number of imidazole rings is 1. The molecule has 2 aromatic heterocycles. The summed E-state index contributed by atoms with van der Waals surface area (Å²) in [6.07, 6.45) is 1.00. The molecule has 1 aliphatic heterocycles. The lowest BCUT2D eigenvalue weighted by atomic mass is 10.1. The standard InChI is InChI=1S/C23H27N3O2/c1-14-10-18(6-7-21(14)27-5)23-25-22(19-11-15(2)24-16(3)12-19)20-8-9-28-17(4)13-26(20)23/h6-7,10-12,17H,8-9,13H2,1-5H3/t17-/m1/s1. The Balaban J connectivity index is 1.92. The first kappa shape index (κ1) is 18.7. The fourth-order valence-corrected chi connectivity index (χ4v) is 4.04. The second kappa shape index (κ2) is 7.40. The Labute approximate surface area is 166 Å². The fourth-order valence-electron chi connectivity index (χ4n) is 4.04. The molecule has 5 nitrogen and oxygen atoms in total. The number of aromatic nitrogens is 3. The molecule has 1 atom stereocenters. The van der Waals surface area contributed by atoms with Crippen molar-refractivity contribution >= 4 is 0 Å². The van der Waals surface area contributed by atoms with Gasteiger partial charge in [0.1, 0.15) is 11.6 Å². The monoisotopic (exact) mass is 377 g/mol. The predicted molar refractivity (Wildman–Crippen MR) is 111 cm³/mol. The summed E-state index contributed by atoms with van der Waals surface area (Å²) in [5, 5.41) is 0. The number of nitrogens with zero attached hydrogens (tertiary/aromatic N) is 3. The van der Waals surface area contributed by atoms with E-state index >= 15 is 0 Å². The maximum absolute atomic E-state index is 5.95. The van der Waals surface area contributed by atoms with E-state index in [2.05, 4.69) is 47.7 Å². The Morgan fingerprint density at radius 3 is 2.46 bits per heavy atom. The van der Waals surface area contributed by atoms with Crippen LogP contribution in [-0.4, -0.2) is 34.4 Å². The molecule has 0 saturated heterocycles. The molecule has 0 saturated carbocycles. The lowest BCUT2D eigenvalue weighted by molar-refractivity contribution is 0.0666. The van der Waals surface area contributed by atoms with Crippen LogP contribution in [0.25, 0.3) is 22.6 Å². The molecule has 0 spiro atoms. The predicted octanol–water partition coefficient (Wildman–Crippen LogP) is 4.51. The average Bonchev–Trinajstić information content (AvgIpc) is 2.88. The minimum absolute atomic E-state index is 0.155. The van der Waals surface area contributed by atoms with Crippen molar-refractivity contribution in [3.05, 3.63) is 53.0 Å². The van der Waals surface area contributed by atoms with Crippen LogP contribution < -0.4 is 4.74 Å². The molecule has 3 aromatic rings. The van der Waals surface area contributed by atoms with Gasteiger partial charge in [0.25, 0.3) is 0 Å². The lowest BCUT2D eigenvalue weighted by Crippen LogP contribution is -2.15. The second-order valence-corrected chi connectivity index (χ2v) is 7.60. The van der Waals surface area contributed by atoms with E-state index in [9.17, 15) is 0 Å². The van der Waals surface area contributed by atoms with E-state index in [1.54, 1.807) is 7.11 Å². The zero-order valence-corrected chi connectivity index (χ0v) is 17.2. The van der Waals surface area contributed by atoms with Crippen LogP contribution >= 0.6 is 0 Å². The number of pyridine rings is 1. The molecule has 146 valence electrons.